The fourth-order valence-corrected chi connectivity index (χ4v) is 4.59. The summed E-state index contributed by atoms with van der Waals surface area (Å²) in [7, 11) is 3.46. The maximum absolute atomic E-state index is 13.1. The molecular formula is C19H25N3O4. The van der Waals surface area contributed by atoms with Crippen LogP contribution >= 0.6 is 0 Å². The number of rotatable bonds is 1. The topological polar surface area (TPSA) is 71.8 Å². The lowest BCUT2D eigenvalue weighted by atomic mass is 9.91. The molecule has 140 valence electrons. The summed E-state index contributed by atoms with van der Waals surface area (Å²) in [5, 5.41) is 0. The van der Waals surface area contributed by atoms with Crippen LogP contribution < -0.4 is 5.56 Å². The molecule has 0 aromatic carbocycles. The van der Waals surface area contributed by atoms with E-state index in [0.717, 1.165) is 49.8 Å². The molecule has 2 amide bonds. The number of carbonyl (C=O) groups excluding carboxylic acids is 2. The van der Waals surface area contributed by atoms with E-state index in [9.17, 15) is 14.4 Å². The first-order valence-corrected chi connectivity index (χ1v) is 9.35. The van der Waals surface area contributed by atoms with Crippen LogP contribution in [-0.4, -0.2) is 58.7 Å². The second-order valence-corrected chi connectivity index (χ2v) is 7.84. The zero-order valence-electron chi connectivity index (χ0n) is 15.4. The fraction of sp³-hybridized carbons (Fsp3) is 0.632. The Kier molecular flexibility index (Phi) is 4.04. The summed E-state index contributed by atoms with van der Waals surface area (Å²) in [4.78, 5) is 40.9. The molecule has 7 heteroatoms. The Labute approximate surface area is 152 Å². The van der Waals surface area contributed by atoms with Gasteiger partial charge >= 0.3 is 6.09 Å². The molecule has 0 radical (unpaired) electrons. The van der Waals surface area contributed by atoms with Crippen molar-refractivity contribution in [2.75, 3.05) is 26.7 Å². The molecule has 4 rings (SSSR count). The molecule has 2 saturated heterocycles. The number of nitrogens with zero attached hydrogens (tertiary/aromatic N) is 3. The molecular weight excluding hydrogens is 334 g/mol. The number of pyridine rings is 1. The Morgan fingerprint density at radius 2 is 1.88 bits per heavy atom. The standard InChI is InChI=1S/C19H25N3O4/c1-20-11-19(26-18(20)25)8-5-9-22(12-19)17(24)14-10-13-6-3-4-7-15(13)21(2)16(14)23/h10H,3-9,11-12H2,1-2H3/t19-/m0/s1. The minimum atomic E-state index is -0.640. The van der Waals surface area contributed by atoms with Gasteiger partial charge in [0.05, 0.1) is 13.1 Å². The number of aryl methyl sites for hydroxylation is 1. The molecule has 1 aromatic rings. The third-order valence-corrected chi connectivity index (χ3v) is 5.94. The SMILES string of the molecule is CN1C[C@]2(CCCN(C(=O)c3cc4c(n(C)c3=O)CCCC4)C2)OC1=O. The van der Waals surface area contributed by atoms with Crippen molar-refractivity contribution in [3.8, 4) is 0 Å². The van der Waals surface area contributed by atoms with Gasteiger partial charge in [-0.2, -0.15) is 0 Å². The van der Waals surface area contributed by atoms with Crippen molar-refractivity contribution in [1.82, 2.24) is 14.4 Å². The Balaban J connectivity index is 1.63. The predicted octanol–water partition coefficient (Wildman–Crippen LogP) is 1.32. The predicted molar refractivity (Wildman–Crippen MR) is 95.3 cm³/mol. The van der Waals surface area contributed by atoms with Crippen LogP contribution in [0.4, 0.5) is 4.79 Å². The van der Waals surface area contributed by atoms with E-state index in [1.54, 1.807) is 34.5 Å². The first-order chi connectivity index (χ1) is 12.4. The molecule has 7 nitrogen and oxygen atoms in total. The number of aromatic nitrogens is 1. The van der Waals surface area contributed by atoms with Gasteiger partial charge in [0, 0.05) is 26.3 Å². The number of ether oxygens (including phenoxy) is 1. The van der Waals surface area contributed by atoms with Gasteiger partial charge in [-0.05, 0) is 50.2 Å². The fourth-order valence-electron chi connectivity index (χ4n) is 4.59. The number of fused-ring (bicyclic) bond motifs is 1. The molecule has 1 atom stereocenters. The first-order valence-electron chi connectivity index (χ1n) is 9.35. The van der Waals surface area contributed by atoms with Crippen molar-refractivity contribution in [1.29, 1.82) is 0 Å². The van der Waals surface area contributed by atoms with Gasteiger partial charge in [-0.25, -0.2) is 4.79 Å². The Bertz CT molecular complexity index is 831. The summed E-state index contributed by atoms with van der Waals surface area (Å²) in [5.41, 5.74) is 1.54. The maximum atomic E-state index is 13.1. The average Bonchev–Trinajstić information content (AvgIpc) is 2.90. The molecule has 1 spiro atoms. The molecule has 26 heavy (non-hydrogen) atoms. The van der Waals surface area contributed by atoms with Crippen LogP contribution in [0.2, 0.25) is 0 Å². The van der Waals surface area contributed by atoms with Crippen molar-refractivity contribution < 1.29 is 14.3 Å². The van der Waals surface area contributed by atoms with E-state index in [1.165, 1.54) is 0 Å². The van der Waals surface area contributed by atoms with E-state index >= 15 is 0 Å². The van der Waals surface area contributed by atoms with Gasteiger partial charge in [0.25, 0.3) is 11.5 Å². The van der Waals surface area contributed by atoms with Gasteiger partial charge in [-0.15, -0.1) is 0 Å². The number of likely N-dealkylation sites (N-methyl/N-ethyl adjacent to an activating group) is 1. The largest absolute Gasteiger partial charge is 0.439 e. The third-order valence-electron chi connectivity index (χ3n) is 5.94. The summed E-state index contributed by atoms with van der Waals surface area (Å²) >= 11 is 0. The lowest BCUT2D eigenvalue weighted by molar-refractivity contribution is -0.00530. The van der Waals surface area contributed by atoms with E-state index in [-0.39, 0.29) is 23.1 Å². The van der Waals surface area contributed by atoms with Gasteiger partial charge in [0.2, 0.25) is 0 Å². The van der Waals surface area contributed by atoms with Crippen LogP contribution in [-0.2, 0) is 24.6 Å². The van der Waals surface area contributed by atoms with E-state index in [2.05, 4.69) is 0 Å². The molecule has 2 aliphatic heterocycles. The average molecular weight is 359 g/mol. The highest BCUT2D eigenvalue weighted by atomic mass is 16.6. The normalized spacial score (nSPS) is 25.4. The third kappa shape index (κ3) is 2.70. The van der Waals surface area contributed by atoms with E-state index in [1.807, 2.05) is 0 Å². The van der Waals surface area contributed by atoms with E-state index in [0.29, 0.717) is 19.6 Å². The zero-order valence-corrected chi connectivity index (χ0v) is 15.4. The Morgan fingerprint density at radius 1 is 1.12 bits per heavy atom. The van der Waals surface area contributed by atoms with Crippen LogP contribution in [0, 0.1) is 0 Å². The second kappa shape index (κ2) is 6.14. The summed E-state index contributed by atoms with van der Waals surface area (Å²) in [6, 6.07) is 1.80. The minimum Gasteiger partial charge on any atom is -0.439 e. The highest BCUT2D eigenvalue weighted by Crippen LogP contribution is 2.32. The number of likely N-dealkylation sites (tertiary alicyclic amines) is 1. The van der Waals surface area contributed by atoms with E-state index < -0.39 is 5.60 Å². The number of hydrogen-bond acceptors (Lipinski definition) is 4. The van der Waals surface area contributed by atoms with Gasteiger partial charge in [-0.1, -0.05) is 0 Å². The van der Waals surface area contributed by atoms with Gasteiger partial charge in [0.1, 0.15) is 11.2 Å². The lowest BCUT2D eigenvalue weighted by Gasteiger charge is -2.38. The quantitative estimate of drug-likeness (QED) is 0.758. The Hall–Kier alpha value is -2.31. The highest BCUT2D eigenvalue weighted by molar-refractivity contribution is 5.94. The van der Waals surface area contributed by atoms with Crippen molar-refractivity contribution in [3.63, 3.8) is 0 Å². The number of piperidine rings is 1. The van der Waals surface area contributed by atoms with Gasteiger partial charge in [0.15, 0.2) is 0 Å². The summed E-state index contributed by atoms with van der Waals surface area (Å²) < 4.78 is 7.22. The van der Waals surface area contributed by atoms with Crippen molar-refractivity contribution in [3.05, 3.63) is 33.2 Å². The van der Waals surface area contributed by atoms with Crippen LogP contribution in [0.3, 0.4) is 0 Å². The Morgan fingerprint density at radius 3 is 2.62 bits per heavy atom. The monoisotopic (exact) mass is 359 g/mol. The molecule has 1 aromatic heterocycles. The smallest absolute Gasteiger partial charge is 0.410 e. The highest BCUT2D eigenvalue weighted by Gasteiger charge is 2.47. The molecule has 0 unspecified atom stereocenters. The summed E-state index contributed by atoms with van der Waals surface area (Å²) in [6.07, 6.45) is 5.15. The van der Waals surface area contributed by atoms with Crippen molar-refractivity contribution in [2.45, 2.75) is 44.1 Å². The van der Waals surface area contributed by atoms with Crippen LogP contribution in [0.15, 0.2) is 10.9 Å². The first kappa shape index (κ1) is 17.1. The molecule has 3 aliphatic rings. The molecule has 0 saturated carbocycles. The van der Waals surface area contributed by atoms with Crippen LogP contribution in [0.5, 0.6) is 0 Å². The summed E-state index contributed by atoms with van der Waals surface area (Å²) in [6.45, 7) is 1.42. The zero-order chi connectivity index (χ0) is 18.5. The van der Waals surface area contributed by atoms with Crippen LogP contribution in [0.25, 0.3) is 0 Å². The number of amides is 2. The molecule has 2 fully saturated rings. The van der Waals surface area contributed by atoms with Crippen molar-refractivity contribution >= 4 is 12.0 Å². The van der Waals surface area contributed by atoms with E-state index in [4.69, 9.17) is 4.74 Å². The minimum absolute atomic E-state index is 0.226. The van der Waals surface area contributed by atoms with Gasteiger partial charge < -0.3 is 19.1 Å². The van der Waals surface area contributed by atoms with Gasteiger partial charge in [-0.3, -0.25) is 9.59 Å². The molecule has 1 aliphatic carbocycles. The molecule has 3 heterocycles. The van der Waals surface area contributed by atoms with Crippen molar-refractivity contribution in [2.24, 2.45) is 7.05 Å². The maximum Gasteiger partial charge on any atom is 0.410 e. The molecule has 0 bridgehead atoms. The lowest BCUT2D eigenvalue weighted by Crippen LogP contribution is -2.53. The van der Waals surface area contributed by atoms with Crippen LogP contribution in [0.1, 0.15) is 47.3 Å². The number of carbonyl (C=O) groups is 2. The summed E-state index contributed by atoms with van der Waals surface area (Å²) in [5.74, 6) is -0.247. The number of hydrogen-bond donors (Lipinski definition) is 0. The second-order valence-electron chi connectivity index (χ2n) is 7.84. The molecule has 0 N–H and O–H groups in total.